The molecule has 1 aromatic heterocycles. The van der Waals surface area contributed by atoms with Gasteiger partial charge in [0, 0.05) is 41.9 Å². The zero-order valence-electron chi connectivity index (χ0n) is 25.1. The summed E-state index contributed by atoms with van der Waals surface area (Å²) >= 11 is 0. The molecule has 0 unspecified atom stereocenters. The van der Waals surface area contributed by atoms with E-state index in [-0.39, 0.29) is 54.0 Å². The van der Waals surface area contributed by atoms with Gasteiger partial charge in [-0.1, -0.05) is 42.5 Å². The Morgan fingerprint density at radius 1 is 0.727 bits per heavy atom. The van der Waals surface area contributed by atoms with E-state index in [1.54, 1.807) is 39.0 Å². The summed E-state index contributed by atoms with van der Waals surface area (Å²) < 4.78 is 27.1. The predicted molar refractivity (Wildman–Crippen MR) is 159 cm³/mol. The van der Waals surface area contributed by atoms with E-state index in [2.05, 4.69) is 5.32 Å². The van der Waals surface area contributed by atoms with Crippen LogP contribution in [0.5, 0.6) is 0 Å². The van der Waals surface area contributed by atoms with Crippen LogP contribution >= 0.6 is 0 Å². The standard InChI is InChI=1S/C33H33NO10/c1-18-29(37)25-13-9-12-24(31(25)44-30(18)23-10-7-6-8-11-23)28-26(32(38)42-16-14-40-21(4)35)19(2)34-20(3)27(28)33(39)43-17-15-41-22(5)36/h6-13,28,34H,14-17H2,1-5H3. The first kappa shape index (κ1) is 31.7. The van der Waals surface area contributed by atoms with Crippen molar-refractivity contribution in [1.29, 1.82) is 0 Å². The number of ether oxygens (including phenoxy) is 4. The lowest BCUT2D eigenvalue weighted by Gasteiger charge is -2.30. The lowest BCUT2D eigenvalue weighted by atomic mass is 9.79. The van der Waals surface area contributed by atoms with Gasteiger partial charge in [-0.2, -0.15) is 0 Å². The first-order valence-electron chi connectivity index (χ1n) is 13.9. The summed E-state index contributed by atoms with van der Waals surface area (Å²) in [6.45, 7) is 6.69. The maximum atomic E-state index is 13.6. The van der Waals surface area contributed by atoms with Gasteiger partial charge in [-0.15, -0.1) is 0 Å². The highest BCUT2D eigenvalue weighted by molar-refractivity contribution is 6.01. The maximum Gasteiger partial charge on any atom is 0.336 e. The van der Waals surface area contributed by atoms with Gasteiger partial charge < -0.3 is 28.7 Å². The van der Waals surface area contributed by atoms with E-state index in [0.717, 1.165) is 0 Å². The Hall–Kier alpha value is -5.19. The Morgan fingerprint density at radius 2 is 1.25 bits per heavy atom. The molecular formula is C33H33NO10. The van der Waals surface area contributed by atoms with Crippen LogP contribution in [0.1, 0.15) is 44.7 Å². The summed E-state index contributed by atoms with van der Waals surface area (Å²) in [5, 5.41) is 3.32. The number of allylic oxidation sites excluding steroid dienone is 2. The molecule has 0 radical (unpaired) electrons. The molecule has 2 heterocycles. The number of rotatable bonds is 10. The molecule has 3 aromatic rings. The number of hydrogen-bond donors (Lipinski definition) is 1. The van der Waals surface area contributed by atoms with Crippen LogP contribution in [0.3, 0.4) is 0 Å². The van der Waals surface area contributed by atoms with Gasteiger partial charge in [0.25, 0.3) is 0 Å². The molecule has 4 rings (SSSR count). The van der Waals surface area contributed by atoms with Crippen LogP contribution in [0.25, 0.3) is 22.3 Å². The smallest absolute Gasteiger partial charge is 0.336 e. The summed E-state index contributed by atoms with van der Waals surface area (Å²) in [7, 11) is 0. The highest BCUT2D eigenvalue weighted by atomic mass is 16.6. The largest absolute Gasteiger partial charge is 0.462 e. The molecule has 1 aliphatic rings. The molecule has 0 amide bonds. The van der Waals surface area contributed by atoms with Crippen LogP contribution in [-0.4, -0.2) is 50.3 Å². The first-order chi connectivity index (χ1) is 21.0. The van der Waals surface area contributed by atoms with Gasteiger partial charge >= 0.3 is 23.9 Å². The first-order valence-corrected chi connectivity index (χ1v) is 13.9. The van der Waals surface area contributed by atoms with Crippen molar-refractivity contribution in [2.75, 3.05) is 26.4 Å². The SMILES string of the molecule is CC(=O)OCCOC(=O)C1=C(C)NC(C)=C(C(=O)OCCOC(C)=O)C1c1cccc2c(=O)c(C)c(-c3ccccc3)oc12. The third-order valence-corrected chi connectivity index (χ3v) is 6.97. The quantitative estimate of drug-likeness (QED) is 0.202. The van der Waals surface area contributed by atoms with E-state index in [0.29, 0.717) is 33.8 Å². The summed E-state index contributed by atoms with van der Waals surface area (Å²) in [4.78, 5) is 63.2. The van der Waals surface area contributed by atoms with Crippen LogP contribution < -0.4 is 10.7 Å². The predicted octanol–water partition coefficient (Wildman–Crippen LogP) is 4.22. The molecule has 0 spiro atoms. The molecule has 1 aliphatic heterocycles. The molecule has 0 aliphatic carbocycles. The molecule has 44 heavy (non-hydrogen) atoms. The molecule has 230 valence electrons. The van der Waals surface area contributed by atoms with E-state index in [1.165, 1.54) is 13.8 Å². The average molecular weight is 604 g/mol. The van der Waals surface area contributed by atoms with Crippen molar-refractivity contribution < 1.29 is 42.5 Å². The van der Waals surface area contributed by atoms with Crippen molar-refractivity contribution in [3.8, 4) is 11.3 Å². The summed E-state index contributed by atoms with van der Waals surface area (Å²) in [6.07, 6.45) is 0. The number of hydrogen-bond acceptors (Lipinski definition) is 11. The van der Waals surface area contributed by atoms with Crippen molar-refractivity contribution in [3.63, 3.8) is 0 Å². The van der Waals surface area contributed by atoms with Gasteiger partial charge in [0.2, 0.25) is 0 Å². The molecule has 11 nitrogen and oxygen atoms in total. The average Bonchev–Trinajstić information content (AvgIpc) is 2.98. The number of carbonyl (C=O) groups excluding carboxylic acids is 4. The number of nitrogens with one attached hydrogen (secondary N) is 1. The van der Waals surface area contributed by atoms with Crippen LogP contribution in [-0.2, 0) is 38.1 Å². The van der Waals surface area contributed by atoms with Crippen LogP contribution in [0, 0.1) is 6.92 Å². The van der Waals surface area contributed by atoms with E-state index in [4.69, 9.17) is 23.4 Å². The highest BCUT2D eigenvalue weighted by Gasteiger charge is 2.39. The number of esters is 4. The molecule has 1 N–H and O–H groups in total. The second kappa shape index (κ2) is 13.9. The van der Waals surface area contributed by atoms with Gasteiger partial charge in [-0.05, 0) is 26.8 Å². The second-order valence-corrected chi connectivity index (χ2v) is 10.1. The molecule has 0 fully saturated rings. The van der Waals surface area contributed by atoms with E-state index >= 15 is 0 Å². The molecule has 11 heteroatoms. The number of carbonyl (C=O) groups is 4. The fraction of sp³-hybridized carbons (Fsp3) is 0.303. The molecule has 2 aromatic carbocycles. The lowest BCUT2D eigenvalue weighted by molar-refractivity contribution is -0.149. The van der Waals surface area contributed by atoms with Crippen LogP contribution in [0.4, 0.5) is 0 Å². The Balaban J connectivity index is 1.88. The fourth-order valence-corrected chi connectivity index (χ4v) is 5.06. The van der Waals surface area contributed by atoms with Crippen LogP contribution in [0.2, 0.25) is 0 Å². The molecular weight excluding hydrogens is 570 g/mol. The number of fused-ring (bicyclic) bond motifs is 1. The van der Waals surface area contributed by atoms with Gasteiger partial charge in [0.05, 0.1) is 22.5 Å². The van der Waals surface area contributed by atoms with Crippen molar-refractivity contribution in [2.24, 2.45) is 0 Å². The maximum absolute atomic E-state index is 13.6. The van der Waals surface area contributed by atoms with Crippen molar-refractivity contribution >= 4 is 34.8 Å². The molecule has 0 saturated heterocycles. The zero-order chi connectivity index (χ0) is 32.0. The summed E-state index contributed by atoms with van der Waals surface area (Å²) in [5.74, 6) is -3.35. The molecule has 0 bridgehead atoms. The third-order valence-electron chi connectivity index (χ3n) is 6.97. The zero-order valence-corrected chi connectivity index (χ0v) is 25.1. The topological polar surface area (TPSA) is 147 Å². The Kier molecular flexibility index (Phi) is 9.99. The van der Waals surface area contributed by atoms with E-state index < -0.39 is 29.8 Å². The number of dihydropyridines is 1. The number of benzene rings is 2. The fourth-order valence-electron chi connectivity index (χ4n) is 5.06. The summed E-state index contributed by atoms with van der Waals surface area (Å²) in [6, 6.07) is 14.1. The third kappa shape index (κ3) is 6.88. The van der Waals surface area contributed by atoms with Crippen molar-refractivity contribution in [3.05, 3.63) is 92.4 Å². The van der Waals surface area contributed by atoms with E-state index in [1.807, 2.05) is 30.3 Å². The normalized spacial score (nSPS) is 13.4. The summed E-state index contributed by atoms with van der Waals surface area (Å²) in [5.41, 5.74) is 2.30. The highest BCUT2D eigenvalue weighted by Crippen LogP contribution is 2.42. The van der Waals surface area contributed by atoms with Gasteiger partial charge in [0.15, 0.2) is 5.43 Å². The Labute approximate surface area is 253 Å². The second-order valence-electron chi connectivity index (χ2n) is 10.1. The van der Waals surface area contributed by atoms with E-state index in [9.17, 15) is 24.0 Å². The monoisotopic (exact) mass is 603 g/mol. The van der Waals surface area contributed by atoms with Gasteiger partial charge in [-0.3, -0.25) is 14.4 Å². The Morgan fingerprint density at radius 3 is 1.77 bits per heavy atom. The van der Waals surface area contributed by atoms with Gasteiger partial charge in [0.1, 0.15) is 37.8 Å². The molecule has 0 atom stereocenters. The minimum Gasteiger partial charge on any atom is -0.462 e. The van der Waals surface area contributed by atoms with Gasteiger partial charge in [-0.25, -0.2) is 9.59 Å². The lowest BCUT2D eigenvalue weighted by Crippen LogP contribution is -2.33. The minimum atomic E-state index is -1.09. The Bertz CT molecular complexity index is 1680. The van der Waals surface area contributed by atoms with Crippen molar-refractivity contribution in [2.45, 2.75) is 40.5 Å². The number of para-hydroxylation sites is 1. The van der Waals surface area contributed by atoms with Crippen molar-refractivity contribution in [1.82, 2.24) is 5.32 Å². The molecule has 0 saturated carbocycles. The minimum absolute atomic E-state index is 0.0716. The van der Waals surface area contributed by atoms with Crippen LogP contribution in [0.15, 0.2) is 80.3 Å².